The monoisotopic (exact) mass is 308 g/mol. The van der Waals surface area contributed by atoms with E-state index in [2.05, 4.69) is 22.9 Å². The third kappa shape index (κ3) is 4.25. The molecule has 0 aliphatic rings. The highest BCUT2D eigenvalue weighted by Gasteiger charge is 2.06. The van der Waals surface area contributed by atoms with E-state index < -0.39 is 0 Å². The second-order valence-corrected chi connectivity index (χ2v) is 5.26. The number of hydrogen-bond donors (Lipinski definition) is 0. The first-order valence-corrected chi connectivity index (χ1v) is 7.49. The van der Waals surface area contributed by atoms with Crippen molar-refractivity contribution < 1.29 is 4.74 Å². The normalized spacial score (nSPS) is 10.3. The van der Waals surface area contributed by atoms with Gasteiger partial charge in [0.15, 0.2) is 0 Å². The van der Waals surface area contributed by atoms with Gasteiger partial charge in [-0.05, 0) is 17.9 Å². The molecule has 0 aliphatic heterocycles. The average Bonchev–Trinajstić information content (AvgIpc) is 2.24. The number of thioether (sulfide) groups is 1. The number of alkyl halides is 1. The second kappa shape index (κ2) is 7.42. The van der Waals surface area contributed by atoms with Gasteiger partial charge in [0, 0.05) is 21.7 Å². The lowest BCUT2D eigenvalue weighted by molar-refractivity contribution is 0.341. The highest BCUT2D eigenvalue weighted by molar-refractivity contribution is 9.08. The molecule has 0 amide bonds. The van der Waals surface area contributed by atoms with Crippen molar-refractivity contribution in [1.82, 2.24) is 0 Å². The Morgan fingerprint density at radius 3 is 2.93 bits per heavy atom. The van der Waals surface area contributed by atoms with Gasteiger partial charge in [-0.15, -0.1) is 0 Å². The molecule has 1 nitrogen and oxygen atoms in total. The molecule has 4 heteroatoms. The molecular weight excluding hydrogens is 296 g/mol. The molecule has 0 N–H and O–H groups in total. The molecule has 0 aliphatic carbocycles. The molecule has 0 fully saturated rings. The molecule has 0 atom stereocenters. The van der Waals surface area contributed by atoms with Gasteiger partial charge >= 0.3 is 0 Å². The minimum Gasteiger partial charge on any atom is -0.492 e. The Bertz CT molecular complexity index is 307. The lowest BCUT2D eigenvalue weighted by Crippen LogP contribution is -2.02. The van der Waals surface area contributed by atoms with Crippen molar-refractivity contribution >= 4 is 39.3 Å². The largest absolute Gasteiger partial charge is 0.492 e. The van der Waals surface area contributed by atoms with Crippen LogP contribution < -0.4 is 4.74 Å². The highest BCUT2D eigenvalue weighted by atomic mass is 79.9. The smallest absolute Gasteiger partial charge is 0.124 e. The summed E-state index contributed by atoms with van der Waals surface area (Å²) in [6, 6.07) is 5.75. The van der Waals surface area contributed by atoms with E-state index in [0.29, 0.717) is 0 Å². The Hall–Kier alpha value is 0.140. The Balaban J connectivity index is 2.56. The van der Waals surface area contributed by atoms with Gasteiger partial charge < -0.3 is 4.74 Å². The second-order valence-electron chi connectivity index (χ2n) is 2.90. The van der Waals surface area contributed by atoms with Crippen molar-refractivity contribution in [3.05, 3.63) is 28.8 Å². The fourth-order valence-electron chi connectivity index (χ4n) is 1.16. The van der Waals surface area contributed by atoms with Crippen LogP contribution in [0.1, 0.15) is 12.5 Å². The number of hydrogen-bond acceptors (Lipinski definition) is 2. The van der Waals surface area contributed by atoms with Gasteiger partial charge in [-0.25, -0.2) is 0 Å². The molecule has 1 rings (SSSR count). The Morgan fingerprint density at radius 1 is 1.47 bits per heavy atom. The summed E-state index contributed by atoms with van der Waals surface area (Å²) in [6.45, 7) is 2.88. The van der Waals surface area contributed by atoms with Crippen LogP contribution in [0.5, 0.6) is 5.75 Å². The third-order valence-corrected chi connectivity index (χ3v) is 3.68. The minimum atomic E-state index is 0.725. The fraction of sp³-hybridized carbons (Fsp3) is 0.455. The molecule has 0 spiro atoms. The van der Waals surface area contributed by atoms with Gasteiger partial charge in [-0.1, -0.05) is 40.5 Å². The molecule has 0 aromatic heterocycles. The first-order valence-electron chi connectivity index (χ1n) is 4.83. The molecule has 1 aromatic carbocycles. The van der Waals surface area contributed by atoms with Gasteiger partial charge in [0.2, 0.25) is 0 Å². The van der Waals surface area contributed by atoms with Crippen molar-refractivity contribution in [1.29, 1.82) is 0 Å². The lowest BCUT2D eigenvalue weighted by atomic mass is 10.2. The van der Waals surface area contributed by atoms with E-state index in [1.54, 1.807) is 0 Å². The SMILES string of the molecule is CCSCCOc1cccc(Cl)c1CBr. The van der Waals surface area contributed by atoms with Crippen LogP contribution in [-0.2, 0) is 5.33 Å². The van der Waals surface area contributed by atoms with Gasteiger partial charge in [-0.3, -0.25) is 0 Å². The zero-order valence-corrected chi connectivity index (χ0v) is 11.8. The van der Waals surface area contributed by atoms with Crippen LogP contribution >= 0.6 is 39.3 Å². The van der Waals surface area contributed by atoms with Gasteiger partial charge in [0.1, 0.15) is 5.75 Å². The summed E-state index contributed by atoms with van der Waals surface area (Å²) >= 11 is 11.3. The molecule has 0 bridgehead atoms. The van der Waals surface area contributed by atoms with E-state index in [0.717, 1.165) is 39.8 Å². The number of benzene rings is 1. The van der Waals surface area contributed by atoms with Crippen molar-refractivity contribution in [3.63, 3.8) is 0 Å². The van der Waals surface area contributed by atoms with Crippen LogP contribution in [0.25, 0.3) is 0 Å². The van der Waals surface area contributed by atoms with Gasteiger partial charge in [0.25, 0.3) is 0 Å². The molecule has 0 saturated heterocycles. The Morgan fingerprint density at radius 2 is 2.27 bits per heavy atom. The number of halogens is 2. The maximum atomic E-state index is 6.05. The summed E-state index contributed by atoms with van der Waals surface area (Å²) < 4.78 is 5.68. The Kier molecular flexibility index (Phi) is 6.53. The van der Waals surface area contributed by atoms with E-state index in [-0.39, 0.29) is 0 Å². The van der Waals surface area contributed by atoms with E-state index in [4.69, 9.17) is 16.3 Å². The molecule has 0 heterocycles. The molecule has 0 unspecified atom stereocenters. The number of ether oxygens (including phenoxy) is 1. The van der Waals surface area contributed by atoms with E-state index in [9.17, 15) is 0 Å². The van der Waals surface area contributed by atoms with Crippen molar-refractivity contribution in [2.45, 2.75) is 12.3 Å². The van der Waals surface area contributed by atoms with Gasteiger partial charge in [-0.2, -0.15) is 11.8 Å². The zero-order chi connectivity index (χ0) is 11.1. The van der Waals surface area contributed by atoms with Crippen LogP contribution in [0.2, 0.25) is 5.02 Å². The zero-order valence-electron chi connectivity index (χ0n) is 8.63. The van der Waals surface area contributed by atoms with E-state index >= 15 is 0 Å². The first-order chi connectivity index (χ1) is 7.29. The maximum Gasteiger partial charge on any atom is 0.124 e. The number of rotatable bonds is 6. The predicted octanol–water partition coefficient (Wildman–Crippen LogP) is 4.37. The van der Waals surface area contributed by atoms with Crippen LogP contribution in [-0.4, -0.2) is 18.1 Å². The summed E-state index contributed by atoms with van der Waals surface area (Å²) in [5.74, 6) is 3.03. The average molecular weight is 310 g/mol. The summed E-state index contributed by atoms with van der Waals surface area (Å²) in [5.41, 5.74) is 1.03. The van der Waals surface area contributed by atoms with Crippen LogP contribution in [0.4, 0.5) is 0 Å². The highest BCUT2D eigenvalue weighted by Crippen LogP contribution is 2.28. The van der Waals surface area contributed by atoms with Crippen molar-refractivity contribution in [2.24, 2.45) is 0 Å². The third-order valence-electron chi connectivity index (χ3n) is 1.90. The van der Waals surface area contributed by atoms with Crippen molar-refractivity contribution in [2.75, 3.05) is 18.1 Å². The molecule has 1 aromatic rings. The van der Waals surface area contributed by atoms with E-state index in [1.165, 1.54) is 0 Å². The standard InChI is InChI=1S/C11H14BrClOS/c1-2-15-7-6-14-11-5-3-4-10(13)9(11)8-12/h3-5H,2,6-8H2,1H3. The summed E-state index contributed by atoms with van der Waals surface area (Å²) in [7, 11) is 0. The fourth-order valence-corrected chi connectivity index (χ4v) is 2.62. The quantitative estimate of drug-likeness (QED) is 0.570. The van der Waals surface area contributed by atoms with Crippen LogP contribution in [0.3, 0.4) is 0 Å². The molecule has 15 heavy (non-hydrogen) atoms. The Labute approximate surface area is 109 Å². The first kappa shape index (κ1) is 13.2. The molecule has 84 valence electrons. The topological polar surface area (TPSA) is 9.23 Å². The predicted molar refractivity (Wildman–Crippen MR) is 72.6 cm³/mol. The van der Waals surface area contributed by atoms with Crippen LogP contribution in [0.15, 0.2) is 18.2 Å². The summed E-state index contributed by atoms with van der Waals surface area (Å²) in [4.78, 5) is 0. The van der Waals surface area contributed by atoms with Gasteiger partial charge in [0.05, 0.1) is 6.61 Å². The maximum absolute atomic E-state index is 6.05. The van der Waals surface area contributed by atoms with E-state index in [1.807, 2.05) is 30.0 Å². The van der Waals surface area contributed by atoms with Crippen LogP contribution in [0, 0.1) is 0 Å². The summed E-state index contributed by atoms with van der Waals surface area (Å²) in [6.07, 6.45) is 0. The summed E-state index contributed by atoms with van der Waals surface area (Å²) in [5, 5.41) is 1.48. The molecular formula is C11H14BrClOS. The molecule has 0 saturated carbocycles. The lowest BCUT2D eigenvalue weighted by Gasteiger charge is -2.10. The molecule has 0 radical (unpaired) electrons. The minimum absolute atomic E-state index is 0.725. The van der Waals surface area contributed by atoms with Crippen molar-refractivity contribution in [3.8, 4) is 5.75 Å².